The molecule has 1 N–H and O–H groups in total. The van der Waals surface area contributed by atoms with Crippen LogP contribution in [-0.4, -0.2) is 32.9 Å². The largest absolute Gasteiger partial charge is 0.316 e. The van der Waals surface area contributed by atoms with Crippen molar-refractivity contribution < 1.29 is 8.42 Å². The van der Waals surface area contributed by atoms with Crippen molar-refractivity contribution in [2.75, 3.05) is 20.1 Å². The molecule has 120 valence electrons. The van der Waals surface area contributed by atoms with Gasteiger partial charge in [0, 0.05) is 24.7 Å². The summed E-state index contributed by atoms with van der Waals surface area (Å²) >= 11 is 6.11. The molecule has 0 aliphatic carbocycles. The van der Waals surface area contributed by atoms with E-state index in [1.54, 1.807) is 6.07 Å². The van der Waals surface area contributed by atoms with Gasteiger partial charge >= 0.3 is 0 Å². The second-order valence-corrected chi connectivity index (χ2v) is 7.41. The van der Waals surface area contributed by atoms with Crippen LogP contribution in [0.25, 0.3) is 0 Å². The molecule has 0 spiro atoms. The third kappa shape index (κ3) is 4.42. The summed E-state index contributed by atoms with van der Waals surface area (Å²) in [7, 11) is -1.67. The number of sulfonamides is 1. The molecule has 21 heavy (non-hydrogen) atoms. The number of halogens is 1. The maximum Gasteiger partial charge on any atom is 0.243 e. The standard InChI is InChI=1S/C15H25ClN2O2S/c1-5-7-8-18(6-2)21(19,20)15-10-14(16)9-13(11-17-4)12(15)3/h9-10,17H,5-8,11H2,1-4H3. The Kier molecular flexibility index (Phi) is 7.13. The Morgan fingerprint density at radius 2 is 1.95 bits per heavy atom. The topological polar surface area (TPSA) is 49.4 Å². The molecular formula is C15H25ClN2O2S. The van der Waals surface area contributed by atoms with Crippen molar-refractivity contribution in [1.82, 2.24) is 9.62 Å². The number of hydrogen-bond acceptors (Lipinski definition) is 3. The van der Waals surface area contributed by atoms with Gasteiger partial charge in [-0.05, 0) is 43.7 Å². The molecule has 0 atom stereocenters. The summed E-state index contributed by atoms with van der Waals surface area (Å²) in [5.74, 6) is 0. The van der Waals surface area contributed by atoms with Crippen LogP contribution in [0.15, 0.2) is 17.0 Å². The number of nitrogens with one attached hydrogen (secondary N) is 1. The lowest BCUT2D eigenvalue weighted by molar-refractivity contribution is 0.418. The van der Waals surface area contributed by atoms with E-state index in [4.69, 9.17) is 11.6 Å². The number of benzene rings is 1. The average molecular weight is 333 g/mol. The fourth-order valence-corrected chi connectivity index (χ4v) is 4.36. The zero-order valence-electron chi connectivity index (χ0n) is 13.2. The molecule has 0 radical (unpaired) electrons. The predicted octanol–water partition coefficient (Wildman–Crippen LogP) is 3.18. The Hall–Kier alpha value is -0.620. The molecule has 0 heterocycles. The predicted molar refractivity (Wildman–Crippen MR) is 88.3 cm³/mol. The quantitative estimate of drug-likeness (QED) is 0.795. The van der Waals surface area contributed by atoms with Crippen molar-refractivity contribution >= 4 is 21.6 Å². The summed E-state index contributed by atoms with van der Waals surface area (Å²) in [6, 6.07) is 3.37. The molecule has 0 aromatic heterocycles. The first-order valence-corrected chi connectivity index (χ1v) is 9.14. The van der Waals surface area contributed by atoms with E-state index in [0.717, 1.165) is 24.0 Å². The molecule has 0 aliphatic rings. The minimum Gasteiger partial charge on any atom is -0.316 e. The summed E-state index contributed by atoms with van der Waals surface area (Å²) in [6.45, 7) is 7.36. The lowest BCUT2D eigenvalue weighted by atomic mass is 10.1. The Labute approximate surface area is 133 Å². The van der Waals surface area contributed by atoms with Crippen LogP contribution >= 0.6 is 11.6 Å². The van der Waals surface area contributed by atoms with Crippen LogP contribution in [0.5, 0.6) is 0 Å². The molecule has 1 aromatic rings. The average Bonchev–Trinajstić information content (AvgIpc) is 2.43. The van der Waals surface area contributed by atoms with Crippen LogP contribution in [0.2, 0.25) is 5.02 Å². The smallest absolute Gasteiger partial charge is 0.243 e. The Morgan fingerprint density at radius 3 is 2.48 bits per heavy atom. The molecular weight excluding hydrogens is 308 g/mol. The number of unbranched alkanes of at least 4 members (excludes halogenated alkanes) is 1. The SMILES string of the molecule is CCCCN(CC)S(=O)(=O)c1cc(Cl)cc(CNC)c1C. The first kappa shape index (κ1) is 18.4. The molecule has 6 heteroatoms. The van der Waals surface area contributed by atoms with Gasteiger partial charge in [0.2, 0.25) is 10.0 Å². The summed E-state index contributed by atoms with van der Waals surface area (Å²) in [5.41, 5.74) is 1.68. The van der Waals surface area contributed by atoms with Gasteiger partial charge in [-0.15, -0.1) is 0 Å². The van der Waals surface area contributed by atoms with E-state index in [0.29, 0.717) is 29.6 Å². The zero-order chi connectivity index (χ0) is 16.0. The maximum absolute atomic E-state index is 12.8. The van der Waals surface area contributed by atoms with Gasteiger partial charge < -0.3 is 5.32 Å². The van der Waals surface area contributed by atoms with Crippen LogP contribution in [-0.2, 0) is 16.6 Å². The lowest BCUT2D eigenvalue weighted by Crippen LogP contribution is -2.32. The van der Waals surface area contributed by atoms with Crippen LogP contribution in [0, 0.1) is 6.92 Å². The summed E-state index contributed by atoms with van der Waals surface area (Å²) < 4.78 is 27.2. The molecule has 0 saturated heterocycles. The molecule has 4 nitrogen and oxygen atoms in total. The van der Waals surface area contributed by atoms with Crippen LogP contribution in [0.4, 0.5) is 0 Å². The normalized spacial score (nSPS) is 12.1. The second kappa shape index (κ2) is 8.13. The third-order valence-corrected chi connectivity index (χ3v) is 5.85. The highest BCUT2D eigenvalue weighted by molar-refractivity contribution is 7.89. The third-order valence-electron chi connectivity index (χ3n) is 3.53. The van der Waals surface area contributed by atoms with Gasteiger partial charge in [-0.2, -0.15) is 4.31 Å². The summed E-state index contributed by atoms with van der Waals surface area (Å²) in [5, 5.41) is 3.50. The minimum absolute atomic E-state index is 0.318. The van der Waals surface area contributed by atoms with E-state index in [1.807, 2.05) is 27.0 Å². The first-order chi connectivity index (χ1) is 9.88. The molecule has 0 unspecified atom stereocenters. The number of rotatable bonds is 8. The monoisotopic (exact) mass is 332 g/mol. The van der Waals surface area contributed by atoms with Crippen molar-refractivity contribution in [3.63, 3.8) is 0 Å². The number of nitrogens with zero attached hydrogens (tertiary/aromatic N) is 1. The van der Waals surface area contributed by atoms with Gasteiger partial charge in [0.15, 0.2) is 0 Å². The Bertz CT molecular complexity index is 573. The first-order valence-electron chi connectivity index (χ1n) is 7.32. The molecule has 1 aromatic carbocycles. The molecule has 0 amide bonds. The Morgan fingerprint density at radius 1 is 1.29 bits per heavy atom. The molecule has 0 saturated carbocycles. The van der Waals surface area contributed by atoms with Crippen molar-refractivity contribution in [2.45, 2.75) is 45.1 Å². The van der Waals surface area contributed by atoms with E-state index in [-0.39, 0.29) is 0 Å². The van der Waals surface area contributed by atoms with Gasteiger partial charge in [0.05, 0.1) is 4.90 Å². The van der Waals surface area contributed by atoms with Gasteiger partial charge in [-0.3, -0.25) is 0 Å². The van der Waals surface area contributed by atoms with Gasteiger partial charge in [-0.25, -0.2) is 8.42 Å². The van der Waals surface area contributed by atoms with Crippen LogP contribution in [0.1, 0.15) is 37.8 Å². The highest BCUT2D eigenvalue weighted by Gasteiger charge is 2.25. The second-order valence-electron chi connectivity index (χ2n) is 5.07. The van der Waals surface area contributed by atoms with E-state index in [1.165, 1.54) is 4.31 Å². The highest BCUT2D eigenvalue weighted by Crippen LogP contribution is 2.27. The number of hydrogen-bond donors (Lipinski definition) is 1. The van der Waals surface area contributed by atoms with Crippen molar-refractivity contribution in [1.29, 1.82) is 0 Å². The van der Waals surface area contributed by atoms with E-state index in [9.17, 15) is 8.42 Å². The fraction of sp³-hybridized carbons (Fsp3) is 0.600. The molecule has 0 aliphatic heterocycles. The van der Waals surface area contributed by atoms with Crippen LogP contribution < -0.4 is 5.32 Å². The zero-order valence-corrected chi connectivity index (χ0v) is 14.8. The van der Waals surface area contributed by atoms with Crippen LogP contribution in [0.3, 0.4) is 0 Å². The minimum atomic E-state index is -3.50. The van der Waals surface area contributed by atoms with E-state index >= 15 is 0 Å². The molecule has 0 fully saturated rings. The van der Waals surface area contributed by atoms with Crippen molar-refractivity contribution in [3.8, 4) is 0 Å². The van der Waals surface area contributed by atoms with Gasteiger partial charge in [0.1, 0.15) is 0 Å². The van der Waals surface area contributed by atoms with Gasteiger partial charge in [-0.1, -0.05) is 31.9 Å². The lowest BCUT2D eigenvalue weighted by Gasteiger charge is -2.22. The molecule has 0 bridgehead atoms. The highest BCUT2D eigenvalue weighted by atomic mass is 35.5. The van der Waals surface area contributed by atoms with Gasteiger partial charge in [0.25, 0.3) is 0 Å². The van der Waals surface area contributed by atoms with E-state index in [2.05, 4.69) is 12.2 Å². The van der Waals surface area contributed by atoms with E-state index < -0.39 is 10.0 Å². The summed E-state index contributed by atoms with van der Waals surface area (Å²) in [6.07, 6.45) is 1.82. The Balaban J connectivity index is 3.29. The van der Waals surface area contributed by atoms with Crippen molar-refractivity contribution in [3.05, 3.63) is 28.3 Å². The summed E-state index contributed by atoms with van der Waals surface area (Å²) in [4.78, 5) is 0.318. The maximum atomic E-state index is 12.8. The molecule has 1 rings (SSSR count). The fourth-order valence-electron chi connectivity index (χ4n) is 2.27. The van der Waals surface area contributed by atoms with Crippen molar-refractivity contribution in [2.24, 2.45) is 0 Å².